The molecule has 2 N–H and O–H groups in total. The molecule has 1 unspecified atom stereocenters. The van der Waals surface area contributed by atoms with E-state index in [1.807, 2.05) is 19.1 Å². The van der Waals surface area contributed by atoms with Crippen LogP contribution >= 0.6 is 0 Å². The second-order valence-corrected chi connectivity index (χ2v) is 4.69. The number of fused-ring (bicyclic) bond motifs is 1. The van der Waals surface area contributed by atoms with Gasteiger partial charge >= 0.3 is 0 Å². The largest absolute Gasteiger partial charge is 0.496 e. The highest BCUT2D eigenvalue weighted by Gasteiger charge is 2.15. The Kier molecular flexibility index (Phi) is 3.90. The molecule has 0 aliphatic heterocycles. The lowest BCUT2D eigenvalue weighted by Crippen LogP contribution is -2.12. The first-order chi connectivity index (χ1) is 9.12. The highest BCUT2D eigenvalue weighted by atomic mass is 16.5. The van der Waals surface area contributed by atoms with Crippen molar-refractivity contribution in [2.45, 2.75) is 19.8 Å². The Balaban J connectivity index is 2.76. The maximum Gasteiger partial charge on any atom is 0.145 e. The van der Waals surface area contributed by atoms with Crippen molar-refractivity contribution in [2.75, 3.05) is 20.8 Å². The zero-order chi connectivity index (χ0) is 14.0. The van der Waals surface area contributed by atoms with Gasteiger partial charge < -0.3 is 15.2 Å². The Labute approximate surface area is 113 Å². The molecule has 102 valence electrons. The molecule has 0 amide bonds. The van der Waals surface area contributed by atoms with Crippen molar-refractivity contribution in [1.29, 1.82) is 0 Å². The van der Waals surface area contributed by atoms with Gasteiger partial charge in [-0.05, 0) is 30.7 Å². The summed E-state index contributed by atoms with van der Waals surface area (Å²) in [5, 5.41) is 0.965. The smallest absolute Gasteiger partial charge is 0.145 e. The first-order valence-corrected chi connectivity index (χ1v) is 6.34. The van der Waals surface area contributed by atoms with Gasteiger partial charge in [-0.25, -0.2) is 4.98 Å². The molecule has 1 heterocycles. The fraction of sp³-hybridized carbons (Fsp3) is 0.400. The molecule has 2 aromatic rings. The van der Waals surface area contributed by atoms with E-state index < -0.39 is 0 Å². The number of methoxy groups -OCH3 is 2. The van der Waals surface area contributed by atoms with Gasteiger partial charge in [0.1, 0.15) is 17.0 Å². The van der Waals surface area contributed by atoms with E-state index in [1.165, 1.54) is 0 Å². The molecule has 0 saturated carbocycles. The fourth-order valence-corrected chi connectivity index (χ4v) is 2.28. The standard InChI is InChI=1S/C15H20N2O2/c1-9-7-11-12(18-3)5-6-13(19-4)15(11)17-14(9)10(2)8-16/h5-7,10H,8,16H2,1-4H3. The molecule has 0 spiro atoms. The summed E-state index contributed by atoms with van der Waals surface area (Å²) in [6, 6.07) is 5.86. The van der Waals surface area contributed by atoms with E-state index >= 15 is 0 Å². The third-order valence-electron chi connectivity index (χ3n) is 3.40. The molecule has 2 rings (SSSR count). The van der Waals surface area contributed by atoms with Crippen LogP contribution in [0.4, 0.5) is 0 Å². The summed E-state index contributed by atoms with van der Waals surface area (Å²) in [6.07, 6.45) is 0. The van der Waals surface area contributed by atoms with Gasteiger partial charge in [0, 0.05) is 23.5 Å². The lowest BCUT2D eigenvalue weighted by Gasteiger charge is -2.15. The first-order valence-electron chi connectivity index (χ1n) is 6.34. The van der Waals surface area contributed by atoms with E-state index in [9.17, 15) is 0 Å². The average Bonchev–Trinajstić information content (AvgIpc) is 2.44. The predicted octanol–water partition coefficient (Wildman–Crippen LogP) is 2.62. The monoisotopic (exact) mass is 260 g/mol. The Morgan fingerprint density at radius 2 is 1.84 bits per heavy atom. The van der Waals surface area contributed by atoms with Crippen molar-refractivity contribution in [2.24, 2.45) is 5.73 Å². The molecule has 1 aromatic heterocycles. The van der Waals surface area contributed by atoms with Gasteiger partial charge in [0.05, 0.1) is 14.2 Å². The van der Waals surface area contributed by atoms with Gasteiger partial charge in [-0.15, -0.1) is 0 Å². The van der Waals surface area contributed by atoms with Crippen LogP contribution in [-0.2, 0) is 0 Å². The molecule has 19 heavy (non-hydrogen) atoms. The van der Waals surface area contributed by atoms with Crippen LogP contribution in [0.25, 0.3) is 10.9 Å². The average molecular weight is 260 g/mol. The lowest BCUT2D eigenvalue weighted by atomic mass is 10.0. The van der Waals surface area contributed by atoms with E-state index in [-0.39, 0.29) is 5.92 Å². The van der Waals surface area contributed by atoms with Gasteiger partial charge in [-0.1, -0.05) is 6.92 Å². The van der Waals surface area contributed by atoms with Crippen LogP contribution in [0.5, 0.6) is 11.5 Å². The third kappa shape index (κ3) is 2.36. The maximum atomic E-state index is 5.75. The van der Waals surface area contributed by atoms with E-state index in [0.717, 1.165) is 33.7 Å². The first kappa shape index (κ1) is 13.6. The highest BCUT2D eigenvalue weighted by Crippen LogP contribution is 2.34. The number of aromatic nitrogens is 1. The van der Waals surface area contributed by atoms with Crippen molar-refractivity contribution < 1.29 is 9.47 Å². The second kappa shape index (κ2) is 5.45. The number of nitrogens with two attached hydrogens (primary N) is 1. The molecule has 4 nitrogen and oxygen atoms in total. The summed E-state index contributed by atoms with van der Waals surface area (Å²) in [5.41, 5.74) is 8.71. The zero-order valence-electron chi connectivity index (χ0n) is 11.9. The van der Waals surface area contributed by atoms with Crippen LogP contribution in [0.1, 0.15) is 24.1 Å². The summed E-state index contributed by atoms with van der Waals surface area (Å²) in [5.74, 6) is 1.78. The molecule has 1 atom stereocenters. The number of nitrogens with zero attached hydrogens (tertiary/aromatic N) is 1. The molecule has 0 bridgehead atoms. The number of rotatable bonds is 4. The number of pyridine rings is 1. The number of aryl methyl sites for hydroxylation is 1. The number of ether oxygens (including phenoxy) is 2. The van der Waals surface area contributed by atoms with Crippen LogP contribution in [0, 0.1) is 6.92 Å². The van der Waals surface area contributed by atoms with Crippen molar-refractivity contribution in [1.82, 2.24) is 4.98 Å². The minimum Gasteiger partial charge on any atom is -0.496 e. The van der Waals surface area contributed by atoms with Crippen LogP contribution in [0.3, 0.4) is 0 Å². The minimum atomic E-state index is 0.223. The second-order valence-electron chi connectivity index (χ2n) is 4.69. The Morgan fingerprint density at radius 1 is 1.21 bits per heavy atom. The van der Waals surface area contributed by atoms with Crippen molar-refractivity contribution in [3.8, 4) is 11.5 Å². The topological polar surface area (TPSA) is 57.4 Å². The molecule has 0 saturated heterocycles. The maximum absolute atomic E-state index is 5.75. The van der Waals surface area contributed by atoms with Crippen LogP contribution in [-0.4, -0.2) is 25.7 Å². The van der Waals surface area contributed by atoms with Gasteiger partial charge in [0.25, 0.3) is 0 Å². The number of benzene rings is 1. The molecule has 0 aliphatic carbocycles. The highest BCUT2D eigenvalue weighted by molar-refractivity contribution is 5.90. The van der Waals surface area contributed by atoms with Crippen molar-refractivity contribution in [3.05, 3.63) is 29.5 Å². The summed E-state index contributed by atoms with van der Waals surface area (Å²) < 4.78 is 10.8. The molecule has 4 heteroatoms. The van der Waals surface area contributed by atoms with Crippen LogP contribution in [0.15, 0.2) is 18.2 Å². The minimum absolute atomic E-state index is 0.223. The summed E-state index contributed by atoms with van der Waals surface area (Å²) in [6.45, 7) is 4.70. The molecular formula is C15H20N2O2. The molecule has 0 radical (unpaired) electrons. The van der Waals surface area contributed by atoms with E-state index in [2.05, 4.69) is 13.0 Å². The molecule has 0 aliphatic rings. The van der Waals surface area contributed by atoms with Gasteiger partial charge in [-0.3, -0.25) is 0 Å². The summed E-state index contributed by atoms with van der Waals surface area (Å²) >= 11 is 0. The Hall–Kier alpha value is -1.81. The fourth-order valence-electron chi connectivity index (χ4n) is 2.28. The van der Waals surface area contributed by atoms with Crippen LogP contribution < -0.4 is 15.2 Å². The van der Waals surface area contributed by atoms with E-state index in [1.54, 1.807) is 14.2 Å². The summed E-state index contributed by atoms with van der Waals surface area (Å²) in [4.78, 5) is 4.74. The van der Waals surface area contributed by atoms with Crippen molar-refractivity contribution in [3.63, 3.8) is 0 Å². The molecular weight excluding hydrogens is 240 g/mol. The van der Waals surface area contributed by atoms with Gasteiger partial charge in [0.2, 0.25) is 0 Å². The number of hydrogen-bond donors (Lipinski definition) is 1. The van der Waals surface area contributed by atoms with Gasteiger partial charge in [-0.2, -0.15) is 0 Å². The van der Waals surface area contributed by atoms with E-state index in [4.69, 9.17) is 20.2 Å². The van der Waals surface area contributed by atoms with Crippen LogP contribution in [0.2, 0.25) is 0 Å². The SMILES string of the molecule is COc1ccc(OC)c2nc(C(C)CN)c(C)cc12. The predicted molar refractivity (Wildman–Crippen MR) is 77.1 cm³/mol. The molecule has 1 aromatic carbocycles. The lowest BCUT2D eigenvalue weighted by molar-refractivity contribution is 0.409. The van der Waals surface area contributed by atoms with E-state index in [0.29, 0.717) is 6.54 Å². The number of hydrogen-bond acceptors (Lipinski definition) is 4. The zero-order valence-corrected chi connectivity index (χ0v) is 11.9. The van der Waals surface area contributed by atoms with Crippen molar-refractivity contribution >= 4 is 10.9 Å². The normalized spacial score (nSPS) is 12.5. The Morgan fingerprint density at radius 3 is 2.42 bits per heavy atom. The summed E-state index contributed by atoms with van der Waals surface area (Å²) in [7, 11) is 3.31. The Bertz CT molecular complexity index is 596. The molecule has 0 fully saturated rings. The quantitative estimate of drug-likeness (QED) is 0.918. The third-order valence-corrected chi connectivity index (χ3v) is 3.40. The van der Waals surface area contributed by atoms with Gasteiger partial charge in [0.15, 0.2) is 0 Å².